The van der Waals surface area contributed by atoms with Crippen molar-refractivity contribution in [2.24, 2.45) is 0 Å². The van der Waals surface area contributed by atoms with Crippen LogP contribution in [-0.2, 0) is 27.7 Å². The lowest BCUT2D eigenvalue weighted by molar-refractivity contribution is -0.137. The van der Waals surface area contributed by atoms with Gasteiger partial charge in [-0.25, -0.2) is 12.7 Å². The number of carboxylic acid groups (broad SMARTS) is 1. The molecule has 1 aliphatic carbocycles. The van der Waals surface area contributed by atoms with Crippen molar-refractivity contribution in [1.82, 2.24) is 4.31 Å². The number of rotatable bonds is 6. The predicted octanol–water partition coefficient (Wildman–Crippen LogP) is 2.05. The summed E-state index contributed by atoms with van der Waals surface area (Å²) in [7, 11) is -2.03. The number of benzene rings is 1. The summed E-state index contributed by atoms with van der Waals surface area (Å²) in [6.07, 6.45) is 4.50. The number of carboxylic acids is 1. The van der Waals surface area contributed by atoms with E-state index >= 15 is 0 Å². The van der Waals surface area contributed by atoms with Crippen molar-refractivity contribution in [3.63, 3.8) is 0 Å². The van der Waals surface area contributed by atoms with Gasteiger partial charge in [-0.05, 0) is 55.4 Å². The lowest BCUT2D eigenvalue weighted by Gasteiger charge is -2.20. The van der Waals surface area contributed by atoms with E-state index in [1.54, 1.807) is 12.1 Å². The van der Waals surface area contributed by atoms with Crippen LogP contribution >= 0.6 is 0 Å². The van der Waals surface area contributed by atoms with Gasteiger partial charge in [0.1, 0.15) is 0 Å². The van der Waals surface area contributed by atoms with E-state index in [1.807, 2.05) is 6.07 Å². The highest BCUT2D eigenvalue weighted by Crippen LogP contribution is 2.25. The molecule has 0 saturated carbocycles. The van der Waals surface area contributed by atoms with Crippen LogP contribution in [0.5, 0.6) is 0 Å². The molecule has 0 atom stereocenters. The summed E-state index contributed by atoms with van der Waals surface area (Å²) in [6.45, 7) is 0.214. The Morgan fingerprint density at radius 1 is 1.24 bits per heavy atom. The van der Waals surface area contributed by atoms with Crippen LogP contribution < -0.4 is 0 Å². The lowest BCUT2D eigenvalue weighted by atomic mass is 9.92. The highest BCUT2D eigenvalue weighted by Gasteiger charge is 2.22. The Balaban J connectivity index is 2.13. The minimum atomic E-state index is -3.53. The van der Waals surface area contributed by atoms with Crippen LogP contribution in [0.15, 0.2) is 23.1 Å². The van der Waals surface area contributed by atoms with Gasteiger partial charge in [0.25, 0.3) is 0 Å². The molecule has 1 aliphatic rings. The number of carbonyl (C=O) groups is 1. The van der Waals surface area contributed by atoms with Gasteiger partial charge in [-0.3, -0.25) is 4.79 Å². The molecule has 116 valence electrons. The largest absolute Gasteiger partial charge is 0.481 e. The first-order chi connectivity index (χ1) is 9.91. The number of aliphatic carboxylic acids is 1. The van der Waals surface area contributed by atoms with Crippen molar-refractivity contribution >= 4 is 16.0 Å². The molecule has 1 aromatic rings. The first-order valence-electron chi connectivity index (χ1n) is 7.21. The van der Waals surface area contributed by atoms with E-state index in [0.717, 1.165) is 31.2 Å². The van der Waals surface area contributed by atoms with Crippen LogP contribution in [0.2, 0.25) is 0 Å². The number of hydrogen-bond acceptors (Lipinski definition) is 3. The van der Waals surface area contributed by atoms with Crippen LogP contribution in [-0.4, -0.2) is 37.4 Å². The Morgan fingerprint density at radius 2 is 1.90 bits per heavy atom. The maximum atomic E-state index is 12.5. The molecule has 21 heavy (non-hydrogen) atoms. The number of fused-ring (bicyclic) bond motifs is 1. The summed E-state index contributed by atoms with van der Waals surface area (Å²) in [4.78, 5) is 10.8. The molecule has 0 amide bonds. The fraction of sp³-hybridized carbons (Fsp3) is 0.533. The minimum Gasteiger partial charge on any atom is -0.481 e. The predicted molar refractivity (Wildman–Crippen MR) is 79.8 cm³/mol. The third kappa shape index (κ3) is 3.83. The maximum Gasteiger partial charge on any atom is 0.303 e. The third-order valence-electron chi connectivity index (χ3n) is 3.89. The third-order valence-corrected chi connectivity index (χ3v) is 5.74. The molecule has 6 heteroatoms. The molecule has 0 aromatic heterocycles. The van der Waals surface area contributed by atoms with Gasteiger partial charge in [0.2, 0.25) is 10.0 Å². The zero-order valence-electron chi connectivity index (χ0n) is 12.2. The van der Waals surface area contributed by atoms with Gasteiger partial charge in [-0.15, -0.1) is 0 Å². The maximum absolute atomic E-state index is 12.5. The molecule has 1 aromatic carbocycles. The monoisotopic (exact) mass is 311 g/mol. The van der Waals surface area contributed by atoms with Crippen LogP contribution in [0, 0.1) is 0 Å². The standard InChI is InChI=1S/C15H21NO4S/c1-16(10-4-7-15(17)18)21(19,20)14-9-8-12-5-2-3-6-13(12)11-14/h8-9,11H,2-7,10H2,1H3,(H,17,18). The highest BCUT2D eigenvalue weighted by atomic mass is 32.2. The molecule has 2 rings (SSSR count). The molecule has 0 fully saturated rings. The first kappa shape index (κ1) is 16.0. The smallest absolute Gasteiger partial charge is 0.303 e. The normalized spacial score (nSPS) is 15.0. The fourth-order valence-corrected chi connectivity index (χ4v) is 3.88. The minimum absolute atomic E-state index is 0.0238. The van der Waals surface area contributed by atoms with E-state index in [-0.39, 0.29) is 13.0 Å². The second-order valence-corrected chi connectivity index (χ2v) is 7.51. The highest BCUT2D eigenvalue weighted by molar-refractivity contribution is 7.89. The van der Waals surface area contributed by atoms with E-state index < -0.39 is 16.0 Å². The van der Waals surface area contributed by atoms with Crippen molar-refractivity contribution < 1.29 is 18.3 Å². The van der Waals surface area contributed by atoms with Crippen LogP contribution in [0.1, 0.15) is 36.8 Å². The van der Waals surface area contributed by atoms with Gasteiger partial charge >= 0.3 is 5.97 Å². The SMILES string of the molecule is CN(CCCC(=O)O)S(=O)(=O)c1ccc2c(c1)CCCC2. The molecular formula is C15H21NO4S. The molecular weight excluding hydrogens is 290 g/mol. The molecule has 0 bridgehead atoms. The molecule has 0 saturated heterocycles. The number of sulfonamides is 1. The Bertz CT molecular complexity index is 625. The van der Waals surface area contributed by atoms with E-state index in [9.17, 15) is 13.2 Å². The number of aryl methyl sites for hydroxylation is 2. The molecule has 1 N–H and O–H groups in total. The molecule has 0 unspecified atom stereocenters. The topological polar surface area (TPSA) is 74.7 Å². The summed E-state index contributed by atoms with van der Waals surface area (Å²) >= 11 is 0. The van der Waals surface area contributed by atoms with E-state index in [1.165, 1.54) is 16.9 Å². The molecule has 0 spiro atoms. The summed E-state index contributed by atoms with van der Waals surface area (Å²) in [5.41, 5.74) is 2.37. The average Bonchev–Trinajstić information content (AvgIpc) is 2.46. The van der Waals surface area contributed by atoms with E-state index in [4.69, 9.17) is 5.11 Å². The zero-order valence-corrected chi connectivity index (χ0v) is 13.0. The van der Waals surface area contributed by atoms with Crippen LogP contribution in [0.3, 0.4) is 0 Å². The van der Waals surface area contributed by atoms with Gasteiger partial charge in [-0.1, -0.05) is 6.07 Å². The molecule has 0 heterocycles. The average molecular weight is 311 g/mol. The Labute approximate surface area is 125 Å². The molecule has 0 radical (unpaired) electrons. The summed E-state index contributed by atoms with van der Waals surface area (Å²) in [5, 5.41) is 8.61. The van der Waals surface area contributed by atoms with Gasteiger partial charge in [0.15, 0.2) is 0 Å². The fourth-order valence-electron chi connectivity index (χ4n) is 2.62. The second-order valence-electron chi connectivity index (χ2n) is 5.46. The molecule has 0 aliphatic heterocycles. The molecule has 5 nitrogen and oxygen atoms in total. The van der Waals surface area contributed by atoms with E-state index in [2.05, 4.69) is 0 Å². The lowest BCUT2D eigenvalue weighted by Crippen LogP contribution is -2.28. The quantitative estimate of drug-likeness (QED) is 0.872. The van der Waals surface area contributed by atoms with Gasteiger partial charge in [-0.2, -0.15) is 0 Å². The second kappa shape index (κ2) is 6.58. The van der Waals surface area contributed by atoms with Crippen molar-refractivity contribution in [2.45, 2.75) is 43.4 Å². The number of hydrogen-bond donors (Lipinski definition) is 1. The van der Waals surface area contributed by atoms with Crippen LogP contribution in [0.25, 0.3) is 0 Å². The summed E-state index contributed by atoms with van der Waals surface area (Å²) in [5.74, 6) is -0.908. The summed E-state index contributed by atoms with van der Waals surface area (Å²) in [6, 6.07) is 5.34. The van der Waals surface area contributed by atoms with Gasteiger partial charge in [0, 0.05) is 20.0 Å². The summed E-state index contributed by atoms with van der Waals surface area (Å²) < 4.78 is 26.2. The van der Waals surface area contributed by atoms with Gasteiger partial charge in [0.05, 0.1) is 4.90 Å². The van der Waals surface area contributed by atoms with Crippen LogP contribution in [0.4, 0.5) is 0 Å². The Kier molecular flexibility index (Phi) is 5.00. The van der Waals surface area contributed by atoms with Crippen molar-refractivity contribution in [2.75, 3.05) is 13.6 Å². The first-order valence-corrected chi connectivity index (χ1v) is 8.65. The van der Waals surface area contributed by atoms with E-state index in [0.29, 0.717) is 11.3 Å². The Morgan fingerprint density at radius 3 is 2.57 bits per heavy atom. The van der Waals surface area contributed by atoms with Crippen molar-refractivity contribution in [3.8, 4) is 0 Å². The van der Waals surface area contributed by atoms with Crippen molar-refractivity contribution in [1.29, 1.82) is 0 Å². The van der Waals surface area contributed by atoms with Crippen molar-refractivity contribution in [3.05, 3.63) is 29.3 Å². The number of nitrogens with zero attached hydrogens (tertiary/aromatic N) is 1. The Hall–Kier alpha value is -1.40. The zero-order chi connectivity index (χ0) is 15.5. The van der Waals surface area contributed by atoms with Gasteiger partial charge < -0.3 is 5.11 Å².